The fraction of sp³-hybridized carbons (Fsp3) is 0.632. The van der Waals surface area contributed by atoms with Gasteiger partial charge in [0.25, 0.3) is 0 Å². The first-order valence-corrected chi connectivity index (χ1v) is 10.3. The Bertz CT molecular complexity index is 1180. The van der Waals surface area contributed by atoms with Crippen LogP contribution < -0.4 is 16.2 Å². The first-order chi connectivity index (χ1) is 16.3. The molecule has 0 aliphatic carbocycles. The predicted octanol–water partition coefficient (Wildman–Crippen LogP) is 1.25. The molecule has 1 saturated heterocycles. The number of methoxy groups -OCH3 is 1. The minimum atomic E-state index is -4.85. The van der Waals surface area contributed by atoms with E-state index in [-0.39, 0.29) is 11.0 Å². The van der Waals surface area contributed by atoms with Crippen LogP contribution in [0.1, 0.15) is 33.4 Å². The highest BCUT2D eigenvalue weighted by atomic mass is 19.4. The van der Waals surface area contributed by atoms with Crippen LogP contribution in [0.2, 0.25) is 0 Å². The molecule has 0 aromatic carbocycles. The molecule has 194 valence electrons. The third-order valence-corrected chi connectivity index (χ3v) is 5.16. The number of rotatable bonds is 7. The Balaban J connectivity index is 2.26. The van der Waals surface area contributed by atoms with E-state index in [9.17, 15) is 27.6 Å². The lowest BCUT2D eigenvalue weighted by atomic mass is 10.0. The van der Waals surface area contributed by atoms with Crippen LogP contribution in [-0.4, -0.2) is 68.8 Å². The van der Waals surface area contributed by atoms with Crippen molar-refractivity contribution in [2.75, 3.05) is 12.8 Å². The molecule has 2 N–H and O–H groups in total. The highest BCUT2D eigenvalue weighted by Crippen LogP contribution is 2.38. The first-order valence-electron chi connectivity index (χ1n) is 10.3. The lowest BCUT2D eigenvalue weighted by Gasteiger charge is -2.23. The number of imidazole rings is 1. The van der Waals surface area contributed by atoms with E-state index in [2.05, 4.69) is 9.97 Å². The van der Waals surface area contributed by atoms with Gasteiger partial charge >= 0.3 is 23.8 Å². The first kappa shape index (κ1) is 26.2. The molecule has 1 aliphatic heterocycles. The van der Waals surface area contributed by atoms with Crippen LogP contribution in [0.3, 0.4) is 0 Å². The largest absolute Gasteiger partial charge is 0.479 e. The SMILES string of the molecule is CCC(OC(C)=O)[C@H]1O[C@@H](n2c(=O)n(CC(F)(F)F)c3c(OC)nc(N)nc32)[C@H](OC(C)=O)[C@H]1F. The standard InChI is InChI=1S/C19H23F4N5O7/c1-5-9(33-7(2)29)12-10(20)13(34-8(3)30)16(35-12)28-14-11(15(32-4)26-17(24)25-14)27(18(28)31)6-19(21,22)23/h9-10,12-13,16H,5-6H2,1-4H3,(H2,24,25,26)/t9?,10-,12+,13+,16+/m0/s1. The molecule has 3 heterocycles. The topological polar surface area (TPSA) is 150 Å². The van der Waals surface area contributed by atoms with E-state index in [4.69, 9.17) is 24.7 Å². The second kappa shape index (κ2) is 9.67. The zero-order chi connectivity index (χ0) is 26.2. The molecular formula is C19H23F4N5O7. The van der Waals surface area contributed by atoms with Crippen molar-refractivity contribution in [3.8, 4) is 5.88 Å². The summed E-state index contributed by atoms with van der Waals surface area (Å²) in [7, 11) is 1.09. The van der Waals surface area contributed by atoms with Gasteiger partial charge in [-0.25, -0.2) is 13.8 Å². The molecule has 12 nitrogen and oxygen atoms in total. The van der Waals surface area contributed by atoms with E-state index in [1.54, 1.807) is 6.92 Å². The van der Waals surface area contributed by atoms with Crippen LogP contribution in [-0.2, 0) is 30.3 Å². The van der Waals surface area contributed by atoms with Gasteiger partial charge in [0.05, 0.1) is 7.11 Å². The van der Waals surface area contributed by atoms with Gasteiger partial charge in [0.15, 0.2) is 29.7 Å². The summed E-state index contributed by atoms with van der Waals surface area (Å²) in [6.45, 7) is 1.86. The Morgan fingerprint density at radius 3 is 2.40 bits per heavy atom. The van der Waals surface area contributed by atoms with Crippen molar-refractivity contribution in [1.29, 1.82) is 0 Å². The van der Waals surface area contributed by atoms with Crippen molar-refractivity contribution in [1.82, 2.24) is 19.1 Å². The Kier molecular flexibility index (Phi) is 7.23. The average molecular weight is 509 g/mol. The summed E-state index contributed by atoms with van der Waals surface area (Å²) >= 11 is 0. The number of nitrogens with zero attached hydrogens (tertiary/aromatic N) is 4. The number of halogens is 4. The Morgan fingerprint density at radius 1 is 1.23 bits per heavy atom. The number of fused-ring (bicyclic) bond motifs is 1. The molecule has 0 saturated carbocycles. The minimum absolute atomic E-state index is 0.0812. The van der Waals surface area contributed by atoms with Gasteiger partial charge in [0.1, 0.15) is 18.8 Å². The third kappa shape index (κ3) is 5.16. The molecule has 1 unspecified atom stereocenters. The fourth-order valence-electron chi connectivity index (χ4n) is 3.93. The van der Waals surface area contributed by atoms with Gasteiger partial charge in [0, 0.05) is 13.8 Å². The average Bonchev–Trinajstić information content (AvgIpc) is 3.18. The summed E-state index contributed by atoms with van der Waals surface area (Å²) < 4.78 is 77.1. The number of alkyl halides is 4. The van der Waals surface area contributed by atoms with Crippen molar-refractivity contribution in [3.05, 3.63) is 10.5 Å². The van der Waals surface area contributed by atoms with Crippen molar-refractivity contribution >= 4 is 29.1 Å². The molecule has 0 radical (unpaired) electrons. The summed E-state index contributed by atoms with van der Waals surface area (Å²) in [6, 6.07) is 0. The lowest BCUT2D eigenvalue weighted by molar-refractivity contribution is -0.159. The molecule has 5 atom stereocenters. The number of nitrogen functional groups attached to an aromatic ring is 1. The van der Waals surface area contributed by atoms with E-state index in [1.165, 1.54) is 0 Å². The van der Waals surface area contributed by atoms with E-state index in [0.717, 1.165) is 21.0 Å². The van der Waals surface area contributed by atoms with Crippen molar-refractivity contribution in [2.45, 2.75) is 70.6 Å². The smallest absolute Gasteiger partial charge is 0.406 e. The Hall–Kier alpha value is -3.43. The number of hydrogen-bond donors (Lipinski definition) is 1. The van der Waals surface area contributed by atoms with Crippen LogP contribution in [0.4, 0.5) is 23.5 Å². The summed E-state index contributed by atoms with van der Waals surface area (Å²) in [5, 5.41) is 0. The van der Waals surface area contributed by atoms with Gasteiger partial charge in [0.2, 0.25) is 11.8 Å². The molecule has 3 rings (SSSR count). The van der Waals surface area contributed by atoms with Crippen LogP contribution >= 0.6 is 0 Å². The molecule has 2 aromatic rings. The van der Waals surface area contributed by atoms with Crippen molar-refractivity contribution in [3.63, 3.8) is 0 Å². The molecule has 16 heteroatoms. The molecule has 1 aliphatic rings. The second-order valence-electron chi connectivity index (χ2n) is 7.68. The summed E-state index contributed by atoms with van der Waals surface area (Å²) in [6.07, 6.45) is -13.2. The highest BCUT2D eigenvalue weighted by Gasteiger charge is 2.53. The number of hydrogen-bond acceptors (Lipinski definition) is 10. The maximum atomic E-state index is 15.5. The van der Waals surface area contributed by atoms with Crippen molar-refractivity contribution in [2.24, 2.45) is 0 Å². The number of aromatic nitrogens is 4. The van der Waals surface area contributed by atoms with Gasteiger partial charge in [-0.15, -0.1) is 0 Å². The third-order valence-electron chi connectivity index (χ3n) is 5.16. The van der Waals surface area contributed by atoms with Gasteiger partial charge in [-0.2, -0.15) is 23.1 Å². The maximum absolute atomic E-state index is 15.5. The van der Waals surface area contributed by atoms with E-state index < -0.39 is 84.1 Å². The number of ether oxygens (including phenoxy) is 4. The van der Waals surface area contributed by atoms with Gasteiger partial charge in [-0.1, -0.05) is 6.92 Å². The molecule has 2 aromatic heterocycles. The van der Waals surface area contributed by atoms with Crippen molar-refractivity contribution < 1.29 is 46.1 Å². The minimum Gasteiger partial charge on any atom is -0.479 e. The van der Waals surface area contributed by atoms with Crippen LogP contribution in [0.15, 0.2) is 4.79 Å². The normalized spacial score (nSPS) is 23.3. The summed E-state index contributed by atoms with van der Waals surface area (Å²) in [5.41, 5.74) is 3.36. The number of esters is 2. The number of anilines is 1. The molecule has 0 spiro atoms. The van der Waals surface area contributed by atoms with Gasteiger partial charge in [-0.3, -0.25) is 14.2 Å². The van der Waals surface area contributed by atoms with E-state index in [1.807, 2.05) is 0 Å². The van der Waals surface area contributed by atoms with Gasteiger partial charge < -0.3 is 24.7 Å². The summed E-state index contributed by atoms with van der Waals surface area (Å²) in [4.78, 5) is 44.0. The van der Waals surface area contributed by atoms with E-state index >= 15 is 4.39 Å². The molecular weight excluding hydrogens is 486 g/mol. The predicted molar refractivity (Wildman–Crippen MR) is 109 cm³/mol. The zero-order valence-corrected chi connectivity index (χ0v) is 19.0. The number of carbonyl (C=O) groups is 2. The lowest BCUT2D eigenvalue weighted by Crippen LogP contribution is -2.40. The fourth-order valence-corrected chi connectivity index (χ4v) is 3.93. The number of nitrogens with two attached hydrogens (primary N) is 1. The van der Waals surface area contributed by atoms with Gasteiger partial charge in [-0.05, 0) is 6.42 Å². The molecule has 0 bridgehead atoms. The highest BCUT2D eigenvalue weighted by molar-refractivity contribution is 5.78. The molecule has 0 amide bonds. The zero-order valence-electron chi connectivity index (χ0n) is 19.0. The van der Waals surface area contributed by atoms with Crippen LogP contribution in [0, 0.1) is 0 Å². The Labute approximate surface area is 194 Å². The monoisotopic (exact) mass is 509 g/mol. The Morgan fingerprint density at radius 2 is 1.89 bits per heavy atom. The van der Waals surface area contributed by atoms with E-state index in [0.29, 0.717) is 4.57 Å². The molecule has 1 fully saturated rings. The molecule has 35 heavy (non-hydrogen) atoms. The van der Waals surface area contributed by atoms with Crippen LogP contribution in [0.5, 0.6) is 5.88 Å². The number of carbonyl (C=O) groups excluding carboxylic acids is 2. The van der Waals surface area contributed by atoms with Crippen LogP contribution in [0.25, 0.3) is 11.2 Å². The quantitative estimate of drug-likeness (QED) is 0.427. The maximum Gasteiger partial charge on any atom is 0.406 e. The summed E-state index contributed by atoms with van der Waals surface area (Å²) in [5.74, 6) is -2.61. The second-order valence-corrected chi connectivity index (χ2v) is 7.68.